The Balaban J connectivity index is 1.55. The van der Waals surface area contributed by atoms with Gasteiger partial charge in [-0.05, 0) is 6.07 Å². The van der Waals surface area contributed by atoms with E-state index in [-0.39, 0.29) is 24.4 Å². The van der Waals surface area contributed by atoms with Crippen LogP contribution in [0.2, 0.25) is 0 Å². The Hall–Kier alpha value is -2.78. The molecular weight excluding hydrogens is 342 g/mol. The molecule has 6 nitrogen and oxygen atoms in total. The molecule has 3 aromatic heterocycles. The SMILES string of the molecule is FC(F)c1nnc2cnc(-c3ccc(OC4CC(F)(F)C4)nc3)cn12. The van der Waals surface area contributed by atoms with Crippen LogP contribution < -0.4 is 4.74 Å². The molecule has 0 spiro atoms. The molecule has 0 bridgehead atoms. The number of fused-ring (bicyclic) bond motifs is 1. The summed E-state index contributed by atoms with van der Waals surface area (Å²) in [6, 6.07) is 3.15. The maximum Gasteiger partial charge on any atom is 0.297 e. The van der Waals surface area contributed by atoms with Crippen molar-refractivity contribution in [3.63, 3.8) is 0 Å². The van der Waals surface area contributed by atoms with Gasteiger partial charge in [0.25, 0.3) is 12.3 Å². The summed E-state index contributed by atoms with van der Waals surface area (Å²) in [6.07, 6.45) is 0.202. The van der Waals surface area contributed by atoms with E-state index in [1.807, 2.05) is 0 Å². The summed E-state index contributed by atoms with van der Waals surface area (Å²) in [6.45, 7) is 0. The van der Waals surface area contributed by atoms with Gasteiger partial charge in [0, 0.05) is 36.9 Å². The van der Waals surface area contributed by atoms with Gasteiger partial charge in [-0.3, -0.25) is 9.38 Å². The van der Waals surface area contributed by atoms with E-state index in [0.29, 0.717) is 11.3 Å². The van der Waals surface area contributed by atoms with Gasteiger partial charge in [0.15, 0.2) is 5.65 Å². The second-order valence-corrected chi connectivity index (χ2v) is 5.75. The Kier molecular flexibility index (Phi) is 3.55. The maximum absolute atomic E-state index is 12.9. The van der Waals surface area contributed by atoms with E-state index in [2.05, 4.69) is 20.2 Å². The third kappa shape index (κ3) is 2.99. The molecule has 0 saturated heterocycles. The number of aromatic nitrogens is 5. The molecule has 0 radical (unpaired) electrons. The lowest BCUT2D eigenvalue weighted by molar-refractivity contribution is -0.135. The maximum atomic E-state index is 12.9. The minimum Gasteiger partial charge on any atom is -0.474 e. The molecule has 1 fully saturated rings. The molecule has 0 amide bonds. The standard InChI is InChI=1S/C15H11F4N5O/c16-13(17)14-23-22-11-6-20-10(7-24(11)14)8-1-2-12(21-5-8)25-9-3-15(18,19)4-9/h1-2,5-7,9,13H,3-4H2. The molecule has 10 heteroatoms. The Morgan fingerprint density at radius 1 is 1.12 bits per heavy atom. The van der Waals surface area contributed by atoms with Crippen molar-refractivity contribution in [3.8, 4) is 17.1 Å². The molecule has 0 aromatic carbocycles. The molecule has 0 atom stereocenters. The smallest absolute Gasteiger partial charge is 0.297 e. The zero-order chi connectivity index (χ0) is 17.6. The average molecular weight is 353 g/mol. The van der Waals surface area contributed by atoms with Crippen LogP contribution in [0.25, 0.3) is 16.9 Å². The van der Waals surface area contributed by atoms with Crippen LogP contribution in [0, 0.1) is 0 Å². The van der Waals surface area contributed by atoms with E-state index in [9.17, 15) is 17.6 Å². The van der Waals surface area contributed by atoms with Gasteiger partial charge < -0.3 is 4.74 Å². The van der Waals surface area contributed by atoms with E-state index < -0.39 is 24.3 Å². The highest BCUT2D eigenvalue weighted by Gasteiger charge is 2.47. The lowest BCUT2D eigenvalue weighted by Gasteiger charge is -2.34. The largest absolute Gasteiger partial charge is 0.474 e. The lowest BCUT2D eigenvalue weighted by atomic mass is 9.91. The number of alkyl halides is 4. The first-order valence-corrected chi connectivity index (χ1v) is 7.41. The van der Waals surface area contributed by atoms with Crippen molar-refractivity contribution in [1.82, 2.24) is 24.6 Å². The first-order valence-electron chi connectivity index (χ1n) is 7.41. The lowest BCUT2D eigenvalue weighted by Crippen LogP contribution is -2.43. The number of pyridine rings is 1. The average Bonchev–Trinajstić information content (AvgIpc) is 2.97. The van der Waals surface area contributed by atoms with Gasteiger partial charge in [-0.15, -0.1) is 10.2 Å². The zero-order valence-electron chi connectivity index (χ0n) is 12.6. The Morgan fingerprint density at radius 3 is 2.56 bits per heavy atom. The fraction of sp³-hybridized carbons (Fsp3) is 0.333. The summed E-state index contributed by atoms with van der Waals surface area (Å²) in [5.74, 6) is -2.91. The van der Waals surface area contributed by atoms with Crippen molar-refractivity contribution < 1.29 is 22.3 Å². The van der Waals surface area contributed by atoms with Crippen LogP contribution in [0.15, 0.2) is 30.7 Å². The van der Waals surface area contributed by atoms with E-state index >= 15 is 0 Å². The van der Waals surface area contributed by atoms with Gasteiger partial charge >= 0.3 is 0 Å². The minimum absolute atomic E-state index is 0.206. The highest BCUT2D eigenvalue weighted by atomic mass is 19.3. The molecule has 25 heavy (non-hydrogen) atoms. The van der Waals surface area contributed by atoms with Crippen molar-refractivity contribution in [1.29, 1.82) is 0 Å². The Bertz CT molecular complexity index is 904. The highest BCUT2D eigenvalue weighted by Crippen LogP contribution is 2.39. The Morgan fingerprint density at radius 2 is 1.92 bits per heavy atom. The van der Waals surface area contributed by atoms with Gasteiger partial charge in [0.05, 0.1) is 11.9 Å². The fourth-order valence-corrected chi connectivity index (χ4v) is 2.58. The second-order valence-electron chi connectivity index (χ2n) is 5.75. The van der Waals surface area contributed by atoms with Crippen LogP contribution >= 0.6 is 0 Å². The van der Waals surface area contributed by atoms with Crippen molar-refractivity contribution in [3.05, 3.63) is 36.5 Å². The molecule has 3 heterocycles. The molecular formula is C15H11F4N5O. The van der Waals surface area contributed by atoms with Crippen molar-refractivity contribution in [2.24, 2.45) is 0 Å². The molecule has 1 aliphatic carbocycles. The third-order valence-corrected chi connectivity index (χ3v) is 3.89. The monoisotopic (exact) mass is 353 g/mol. The predicted octanol–water partition coefficient (Wildman–Crippen LogP) is 3.30. The number of rotatable bonds is 4. The molecule has 0 unspecified atom stereocenters. The van der Waals surface area contributed by atoms with Crippen LogP contribution in [-0.4, -0.2) is 36.6 Å². The van der Waals surface area contributed by atoms with Crippen LogP contribution in [0.3, 0.4) is 0 Å². The molecule has 0 aliphatic heterocycles. The molecule has 130 valence electrons. The van der Waals surface area contributed by atoms with Gasteiger partial charge in [0.1, 0.15) is 6.10 Å². The summed E-state index contributed by atoms with van der Waals surface area (Å²) in [7, 11) is 0. The summed E-state index contributed by atoms with van der Waals surface area (Å²) in [4.78, 5) is 8.19. The van der Waals surface area contributed by atoms with Crippen LogP contribution in [0.1, 0.15) is 25.1 Å². The van der Waals surface area contributed by atoms with Gasteiger partial charge in [-0.25, -0.2) is 22.5 Å². The zero-order valence-corrected chi connectivity index (χ0v) is 12.6. The molecule has 1 saturated carbocycles. The van der Waals surface area contributed by atoms with Gasteiger partial charge in [0.2, 0.25) is 11.7 Å². The molecule has 0 N–H and O–H groups in total. The van der Waals surface area contributed by atoms with Crippen molar-refractivity contribution >= 4 is 5.65 Å². The van der Waals surface area contributed by atoms with Gasteiger partial charge in [-0.1, -0.05) is 0 Å². The van der Waals surface area contributed by atoms with E-state index in [1.165, 1.54) is 24.7 Å². The summed E-state index contributed by atoms with van der Waals surface area (Å²) in [5.41, 5.74) is 1.16. The number of nitrogens with zero attached hydrogens (tertiary/aromatic N) is 5. The highest BCUT2D eigenvalue weighted by molar-refractivity contribution is 5.59. The first-order chi connectivity index (χ1) is 11.9. The topological polar surface area (TPSA) is 65.2 Å². The summed E-state index contributed by atoms with van der Waals surface area (Å²) < 4.78 is 57.9. The Labute approximate surface area is 138 Å². The number of halogens is 4. The molecule has 3 aromatic rings. The number of hydrogen-bond donors (Lipinski definition) is 0. The van der Waals surface area contributed by atoms with Crippen molar-refractivity contribution in [2.75, 3.05) is 0 Å². The fourth-order valence-electron chi connectivity index (χ4n) is 2.58. The number of ether oxygens (including phenoxy) is 1. The van der Waals surface area contributed by atoms with E-state index in [4.69, 9.17) is 4.74 Å². The van der Waals surface area contributed by atoms with Gasteiger partial charge in [-0.2, -0.15) is 0 Å². The molecule has 1 aliphatic rings. The third-order valence-electron chi connectivity index (χ3n) is 3.89. The van der Waals surface area contributed by atoms with E-state index in [0.717, 1.165) is 4.40 Å². The number of hydrogen-bond acceptors (Lipinski definition) is 5. The quantitative estimate of drug-likeness (QED) is 0.674. The summed E-state index contributed by atoms with van der Waals surface area (Å²) >= 11 is 0. The van der Waals surface area contributed by atoms with Crippen LogP contribution in [0.4, 0.5) is 17.6 Å². The molecule has 4 rings (SSSR count). The normalized spacial score (nSPS) is 17.0. The van der Waals surface area contributed by atoms with E-state index in [1.54, 1.807) is 6.07 Å². The van der Waals surface area contributed by atoms with Crippen LogP contribution in [-0.2, 0) is 0 Å². The predicted molar refractivity (Wildman–Crippen MR) is 77.6 cm³/mol. The minimum atomic E-state index is -2.76. The second kappa shape index (κ2) is 5.64. The van der Waals surface area contributed by atoms with Crippen LogP contribution in [0.5, 0.6) is 5.88 Å². The summed E-state index contributed by atoms with van der Waals surface area (Å²) in [5, 5.41) is 7.05. The first kappa shape index (κ1) is 15.7. The van der Waals surface area contributed by atoms with Crippen molar-refractivity contribution in [2.45, 2.75) is 31.3 Å².